The van der Waals surface area contributed by atoms with Gasteiger partial charge in [-0.1, -0.05) is 12.5 Å². The highest BCUT2D eigenvalue weighted by Gasteiger charge is 2.42. The summed E-state index contributed by atoms with van der Waals surface area (Å²) in [6.07, 6.45) is 5.20. The molecule has 2 aliphatic rings. The van der Waals surface area contributed by atoms with Gasteiger partial charge in [-0.05, 0) is 25.0 Å². The van der Waals surface area contributed by atoms with Gasteiger partial charge in [0.25, 0.3) is 0 Å². The molecule has 2 saturated heterocycles. The molecule has 0 spiro atoms. The number of rotatable bonds is 7. The van der Waals surface area contributed by atoms with E-state index in [4.69, 9.17) is 0 Å². The molecule has 3 atom stereocenters. The lowest BCUT2D eigenvalue weighted by Gasteiger charge is -2.16. The van der Waals surface area contributed by atoms with Gasteiger partial charge in [0.2, 0.25) is 5.91 Å². The van der Waals surface area contributed by atoms with Crippen LogP contribution in [0.1, 0.15) is 31.4 Å². The van der Waals surface area contributed by atoms with Crippen LogP contribution in [-0.4, -0.2) is 40.0 Å². The Morgan fingerprint density at radius 2 is 2.26 bits per heavy atom. The maximum Gasteiger partial charge on any atom is 0.315 e. The fraction of sp³-hybridized carbons (Fsp3) is 0.562. The normalized spacial score (nSPS) is 25.6. The highest BCUT2D eigenvalue weighted by molar-refractivity contribution is 8.00. The van der Waals surface area contributed by atoms with Crippen molar-refractivity contribution in [3.8, 4) is 0 Å². The zero-order chi connectivity index (χ0) is 16.1. The highest BCUT2D eigenvalue weighted by Crippen LogP contribution is 2.33. The largest absolute Gasteiger partial charge is 0.350 e. The summed E-state index contributed by atoms with van der Waals surface area (Å²) >= 11 is 1.92. The Morgan fingerprint density at radius 3 is 3.09 bits per heavy atom. The standard InChI is InChI=1S/C16H22N4O2S/c21-14(18-9-11-5-3-4-8-17-11)7-2-1-6-13-15-12(10-23-13)19-16(22)20-15/h3-5,8,12-13,15H,1-2,6-7,9-10H2,(H,18,21)(H2,19,20,22)/t12-,13+,15-/m1/s1. The van der Waals surface area contributed by atoms with Crippen LogP contribution >= 0.6 is 11.8 Å². The Hall–Kier alpha value is -1.76. The van der Waals surface area contributed by atoms with E-state index >= 15 is 0 Å². The van der Waals surface area contributed by atoms with Crippen molar-refractivity contribution in [3.05, 3.63) is 30.1 Å². The van der Waals surface area contributed by atoms with Crippen LogP contribution in [0, 0.1) is 0 Å². The zero-order valence-corrected chi connectivity index (χ0v) is 13.8. The molecule has 1 aromatic rings. The number of fused-ring (bicyclic) bond motifs is 1. The number of carbonyl (C=O) groups excluding carboxylic acids is 2. The number of hydrogen-bond donors (Lipinski definition) is 3. The molecule has 0 unspecified atom stereocenters. The van der Waals surface area contributed by atoms with E-state index < -0.39 is 0 Å². The summed E-state index contributed by atoms with van der Waals surface area (Å²) in [4.78, 5) is 27.3. The second-order valence-corrected chi connectivity index (χ2v) is 7.24. The quantitative estimate of drug-likeness (QED) is 0.520. The zero-order valence-electron chi connectivity index (χ0n) is 13.0. The van der Waals surface area contributed by atoms with Crippen molar-refractivity contribution in [1.82, 2.24) is 20.9 Å². The molecule has 3 N–H and O–H groups in total. The number of nitrogens with zero attached hydrogens (tertiary/aromatic N) is 1. The van der Waals surface area contributed by atoms with E-state index in [2.05, 4.69) is 20.9 Å². The SMILES string of the molecule is O=C(CCCC[C@@H]1SC[C@H]2NC(=O)N[C@@H]12)NCc1ccccn1. The molecule has 2 aliphatic heterocycles. The summed E-state index contributed by atoms with van der Waals surface area (Å²) in [5.74, 6) is 1.06. The monoisotopic (exact) mass is 334 g/mol. The molecule has 1 aromatic heterocycles. The van der Waals surface area contributed by atoms with Crippen LogP contribution in [0.2, 0.25) is 0 Å². The van der Waals surface area contributed by atoms with Gasteiger partial charge < -0.3 is 16.0 Å². The molecule has 3 heterocycles. The number of thioether (sulfide) groups is 1. The molecule has 23 heavy (non-hydrogen) atoms. The van der Waals surface area contributed by atoms with E-state index in [-0.39, 0.29) is 24.0 Å². The van der Waals surface area contributed by atoms with Crippen LogP contribution in [0.25, 0.3) is 0 Å². The summed E-state index contributed by atoms with van der Waals surface area (Å²) in [5, 5.41) is 9.31. The number of amides is 3. The van der Waals surface area contributed by atoms with Crippen molar-refractivity contribution in [3.63, 3.8) is 0 Å². The van der Waals surface area contributed by atoms with Gasteiger partial charge in [0, 0.05) is 23.6 Å². The van der Waals surface area contributed by atoms with Crippen molar-refractivity contribution in [2.75, 3.05) is 5.75 Å². The van der Waals surface area contributed by atoms with E-state index in [1.165, 1.54) is 0 Å². The molecular weight excluding hydrogens is 312 g/mol. The maximum absolute atomic E-state index is 11.8. The van der Waals surface area contributed by atoms with Crippen molar-refractivity contribution in [1.29, 1.82) is 0 Å². The van der Waals surface area contributed by atoms with E-state index in [1.54, 1.807) is 6.20 Å². The van der Waals surface area contributed by atoms with Crippen LogP contribution < -0.4 is 16.0 Å². The first kappa shape index (κ1) is 16.1. The molecule has 6 nitrogen and oxygen atoms in total. The molecule has 2 fully saturated rings. The minimum absolute atomic E-state index is 0.0424. The van der Waals surface area contributed by atoms with Crippen LogP contribution in [0.15, 0.2) is 24.4 Å². The Labute approximate surface area is 140 Å². The van der Waals surface area contributed by atoms with Crippen LogP contribution in [-0.2, 0) is 11.3 Å². The van der Waals surface area contributed by atoms with Gasteiger partial charge in [-0.15, -0.1) is 0 Å². The van der Waals surface area contributed by atoms with Gasteiger partial charge in [0.15, 0.2) is 0 Å². The molecule has 0 aliphatic carbocycles. The number of pyridine rings is 1. The second kappa shape index (κ2) is 7.68. The number of aromatic nitrogens is 1. The molecule has 0 saturated carbocycles. The van der Waals surface area contributed by atoms with E-state index in [9.17, 15) is 9.59 Å². The van der Waals surface area contributed by atoms with E-state index in [1.807, 2.05) is 30.0 Å². The van der Waals surface area contributed by atoms with Crippen molar-refractivity contribution in [2.45, 2.75) is 49.6 Å². The third-order valence-corrected chi connectivity index (χ3v) is 5.78. The van der Waals surface area contributed by atoms with Crippen LogP contribution in [0.4, 0.5) is 4.79 Å². The molecule has 0 radical (unpaired) electrons. The van der Waals surface area contributed by atoms with Crippen molar-refractivity contribution < 1.29 is 9.59 Å². The minimum atomic E-state index is -0.0424. The van der Waals surface area contributed by atoms with Gasteiger partial charge in [0.05, 0.1) is 24.3 Å². The Morgan fingerprint density at radius 1 is 1.35 bits per heavy atom. The Balaban J connectivity index is 1.29. The van der Waals surface area contributed by atoms with Crippen LogP contribution in [0.5, 0.6) is 0 Å². The molecule has 3 rings (SSSR count). The summed E-state index contributed by atoms with van der Waals surface area (Å²) < 4.78 is 0. The number of hydrogen-bond acceptors (Lipinski definition) is 4. The number of urea groups is 1. The van der Waals surface area contributed by atoms with Crippen LogP contribution in [0.3, 0.4) is 0 Å². The lowest BCUT2D eigenvalue weighted by Crippen LogP contribution is -2.36. The van der Waals surface area contributed by atoms with Gasteiger partial charge in [-0.25, -0.2) is 4.79 Å². The minimum Gasteiger partial charge on any atom is -0.350 e. The van der Waals surface area contributed by atoms with Gasteiger partial charge in [-0.2, -0.15) is 11.8 Å². The third-order valence-electron chi connectivity index (χ3n) is 4.27. The first-order valence-corrected chi connectivity index (χ1v) is 9.12. The fourth-order valence-electron chi connectivity index (χ4n) is 3.05. The summed E-state index contributed by atoms with van der Waals surface area (Å²) in [5.41, 5.74) is 0.874. The highest BCUT2D eigenvalue weighted by atomic mass is 32.2. The molecular formula is C16H22N4O2S. The van der Waals surface area contributed by atoms with Crippen molar-refractivity contribution >= 4 is 23.7 Å². The molecule has 0 bridgehead atoms. The predicted octanol–water partition coefficient (Wildman–Crippen LogP) is 1.42. The fourth-order valence-corrected chi connectivity index (χ4v) is 4.60. The molecule has 0 aromatic carbocycles. The Kier molecular flexibility index (Phi) is 5.38. The number of unbranched alkanes of at least 4 members (excludes halogenated alkanes) is 1. The van der Waals surface area contributed by atoms with E-state index in [0.717, 1.165) is 30.7 Å². The van der Waals surface area contributed by atoms with Crippen molar-refractivity contribution in [2.24, 2.45) is 0 Å². The van der Waals surface area contributed by atoms with Gasteiger partial charge in [0.1, 0.15) is 0 Å². The van der Waals surface area contributed by atoms with Gasteiger partial charge >= 0.3 is 6.03 Å². The topological polar surface area (TPSA) is 83.1 Å². The van der Waals surface area contributed by atoms with Gasteiger partial charge in [-0.3, -0.25) is 9.78 Å². The smallest absolute Gasteiger partial charge is 0.315 e. The average molecular weight is 334 g/mol. The maximum atomic E-state index is 11.8. The number of nitrogens with one attached hydrogen (secondary N) is 3. The molecule has 124 valence electrons. The first-order chi connectivity index (χ1) is 11.2. The summed E-state index contributed by atoms with van der Waals surface area (Å²) in [7, 11) is 0. The lowest BCUT2D eigenvalue weighted by atomic mass is 10.0. The Bertz CT molecular complexity index is 554. The number of carbonyl (C=O) groups is 2. The first-order valence-electron chi connectivity index (χ1n) is 8.07. The third kappa shape index (κ3) is 4.37. The summed E-state index contributed by atoms with van der Waals surface area (Å²) in [6, 6.07) is 6.17. The lowest BCUT2D eigenvalue weighted by molar-refractivity contribution is -0.121. The van der Waals surface area contributed by atoms with E-state index in [0.29, 0.717) is 18.2 Å². The predicted molar refractivity (Wildman–Crippen MR) is 90.0 cm³/mol. The summed E-state index contributed by atoms with van der Waals surface area (Å²) in [6.45, 7) is 0.486. The second-order valence-electron chi connectivity index (χ2n) is 5.97. The molecule has 7 heteroatoms. The molecule has 3 amide bonds. The average Bonchev–Trinajstić information content (AvgIpc) is 3.10.